The standard InChI is InChI=1S/C7H7BrN2/c1-5-6(4-9)2-3-7(8)10-5/h2-3H2,1H3. The van der Waals surface area contributed by atoms with E-state index in [0.717, 1.165) is 28.7 Å². The van der Waals surface area contributed by atoms with Crippen LogP contribution in [0.25, 0.3) is 0 Å². The first-order valence-electron chi connectivity index (χ1n) is 3.07. The summed E-state index contributed by atoms with van der Waals surface area (Å²) in [6, 6.07) is 2.13. The van der Waals surface area contributed by atoms with E-state index in [0.29, 0.717) is 0 Å². The maximum absolute atomic E-state index is 8.56. The molecule has 1 rings (SSSR count). The van der Waals surface area contributed by atoms with E-state index in [1.165, 1.54) is 0 Å². The molecule has 0 aromatic heterocycles. The molecule has 0 amide bonds. The first kappa shape index (κ1) is 7.49. The van der Waals surface area contributed by atoms with Crippen LogP contribution in [0.3, 0.4) is 0 Å². The highest BCUT2D eigenvalue weighted by Crippen LogP contribution is 2.20. The molecule has 52 valence electrons. The van der Waals surface area contributed by atoms with Crippen molar-refractivity contribution in [3.8, 4) is 6.07 Å². The highest BCUT2D eigenvalue weighted by molar-refractivity contribution is 9.18. The third-order valence-electron chi connectivity index (χ3n) is 1.44. The van der Waals surface area contributed by atoms with Crippen molar-refractivity contribution in [3.05, 3.63) is 11.3 Å². The topological polar surface area (TPSA) is 36.1 Å². The number of nitrogens with zero attached hydrogens (tertiary/aromatic N) is 2. The summed E-state index contributed by atoms with van der Waals surface area (Å²) in [5, 5.41) is 8.56. The third-order valence-corrected chi connectivity index (χ3v) is 2.02. The average molecular weight is 199 g/mol. The second-order valence-electron chi connectivity index (χ2n) is 2.16. The zero-order valence-electron chi connectivity index (χ0n) is 5.69. The zero-order valence-corrected chi connectivity index (χ0v) is 7.27. The van der Waals surface area contributed by atoms with Gasteiger partial charge in [0.25, 0.3) is 0 Å². The van der Waals surface area contributed by atoms with Crippen LogP contribution in [0, 0.1) is 11.3 Å². The maximum atomic E-state index is 8.56. The van der Waals surface area contributed by atoms with Gasteiger partial charge in [-0.1, -0.05) is 0 Å². The van der Waals surface area contributed by atoms with E-state index >= 15 is 0 Å². The Balaban J connectivity index is 2.93. The molecule has 3 heteroatoms. The van der Waals surface area contributed by atoms with Crippen molar-refractivity contribution in [1.29, 1.82) is 5.26 Å². The Labute approximate surface area is 68.4 Å². The maximum Gasteiger partial charge on any atom is 0.0966 e. The lowest BCUT2D eigenvalue weighted by Gasteiger charge is -2.07. The van der Waals surface area contributed by atoms with Crippen molar-refractivity contribution in [2.24, 2.45) is 4.99 Å². The van der Waals surface area contributed by atoms with Gasteiger partial charge in [-0.15, -0.1) is 0 Å². The van der Waals surface area contributed by atoms with Gasteiger partial charge >= 0.3 is 0 Å². The van der Waals surface area contributed by atoms with E-state index in [9.17, 15) is 0 Å². The Morgan fingerprint density at radius 2 is 2.30 bits per heavy atom. The van der Waals surface area contributed by atoms with Crippen molar-refractivity contribution in [2.75, 3.05) is 0 Å². The summed E-state index contributed by atoms with van der Waals surface area (Å²) in [7, 11) is 0. The van der Waals surface area contributed by atoms with Gasteiger partial charge < -0.3 is 0 Å². The number of allylic oxidation sites excluding steroid dienone is 2. The van der Waals surface area contributed by atoms with Gasteiger partial charge in [0.05, 0.1) is 22.0 Å². The smallest absolute Gasteiger partial charge is 0.0966 e. The van der Waals surface area contributed by atoms with E-state index in [4.69, 9.17) is 5.26 Å². The first-order chi connectivity index (χ1) is 4.74. The molecule has 1 heterocycles. The number of nitriles is 1. The molecule has 0 saturated carbocycles. The third kappa shape index (κ3) is 1.45. The van der Waals surface area contributed by atoms with E-state index in [1.807, 2.05) is 6.92 Å². The van der Waals surface area contributed by atoms with Crippen molar-refractivity contribution in [1.82, 2.24) is 0 Å². The van der Waals surface area contributed by atoms with Gasteiger partial charge in [0.2, 0.25) is 0 Å². The van der Waals surface area contributed by atoms with E-state index in [-0.39, 0.29) is 0 Å². The highest BCUT2D eigenvalue weighted by atomic mass is 79.9. The van der Waals surface area contributed by atoms with Crippen LogP contribution in [0.1, 0.15) is 19.8 Å². The lowest BCUT2D eigenvalue weighted by atomic mass is 10.1. The summed E-state index contributed by atoms with van der Waals surface area (Å²) in [6.07, 6.45) is 1.69. The van der Waals surface area contributed by atoms with Crippen LogP contribution in [-0.4, -0.2) is 4.62 Å². The molecule has 0 N–H and O–H groups in total. The Morgan fingerprint density at radius 3 is 2.80 bits per heavy atom. The number of halogens is 1. The molecular formula is C7H7BrN2. The number of aliphatic imine (C=N–C) groups is 1. The fourth-order valence-electron chi connectivity index (χ4n) is 0.851. The molecule has 1 aliphatic heterocycles. The van der Waals surface area contributed by atoms with Gasteiger partial charge in [-0.3, -0.25) is 0 Å². The zero-order chi connectivity index (χ0) is 7.56. The SMILES string of the molecule is CC1=C(C#N)CCC(Br)=N1. The minimum atomic E-state index is 0.809. The number of hydrogen-bond acceptors (Lipinski definition) is 2. The fraction of sp³-hybridized carbons (Fsp3) is 0.429. The van der Waals surface area contributed by atoms with Crippen LogP contribution in [0.2, 0.25) is 0 Å². The van der Waals surface area contributed by atoms with Gasteiger partial charge in [-0.25, -0.2) is 4.99 Å². The molecule has 0 radical (unpaired) electrons. The first-order valence-corrected chi connectivity index (χ1v) is 3.86. The predicted molar refractivity (Wildman–Crippen MR) is 43.9 cm³/mol. The number of rotatable bonds is 0. The minimum Gasteiger partial charge on any atom is -0.250 e. The molecule has 10 heavy (non-hydrogen) atoms. The summed E-state index contributed by atoms with van der Waals surface area (Å²) in [4.78, 5) is 4.13. The van der Waals surface area contributed by atoms with Gasteiger partial charge in [0.1, 0.15) is 0 Å². The van der Waals surface area contributed by atoms with Crippen LogP contribution in [0.5, 0.6) is 0 Å². The highest BCUT2D eigenvalue weighted by Gasteiger charge is 2.08. The monoisotopic (exact) mass is 198 g/mol. The second kappa shape index (κ2) is 2.98. The number of hydrogen-bond donors (Lipinski definition) is 0. The predicted octanol–water partition coefficient (Wildman–Crippen LogP) is 2.37. The molecule has 0 saturated heterocycles. The lowest BCUT2D eigenvalue weighted by Crippen LogP contribution is -1.97. The van der Waals surface area contributed by atoms with Crippen LogP contribution in [0.15, 0.2) is 16.3 Å². The second-order valence-corrected chi connectivity index (χ2v) is 3.08. The molecule has 2 nitrogen and oxygen atoms in total. The Morgan fingerprint density at radius 1 is 1.60 bits per heavy atom. The Bertz CT molecular complexity index is 245. The summed E-state index contributed by atoms with van der Waals surface area (Å²) in [5.41, 5.74) is 1.66. The van der Waals surface area contributed by atoms with Crippen molar-refractivity contribution >= 4 is 20.6 Å². The van der Waals surface area contributed by atoms with Gasteiger partial charge in [-0.2, -0.15) is 5.26 Å². The molecular weight excluding hydrogens is 192 g/mol. The Hall–Kier alpha value is -0.620. The molecule has 0 bridgehead atoms. The molecule has 0 aromatic carbocycles. The van der Waals surface area contributed by atoms with Gasteiger partial charge in [0, 0.05) is 6.42 Å². The van der Waals surface area contributed by atoms with Crippen molar-refractivity contribution < 1.29 is 0 Å². The van der Waals surface area contributed by atoms with E-state index < -0.39 is 0 Å². The van der Waals surface area contributed by atoms with Crippen molar-refractivity contribution in [3.63, 3.8) is 0 Å². The largest absolute Gasteiger partial charge is 0.250 e. The molecule has 1 aliphatic rings. The summed E-state index contributed by atoms with van der Waals surface area (Å²) < 4.78 is 0.948. The lowest BCUT2D eigenvalue weighted by molar-refractivity contribution is 0.988. The van der Waals surface area contributed by atoms with Crippen LogP contribution >= 0.6 is 15.9 Å². The summed E-state index contributed by atoms with van der Waals surface area (Å²) in [5.74, 6) is 0. The normalized spacial score (nSPS) is 18.3. The quantitative estimate of drug-likeness (QED) is 0.589. The molecule has 0 atom stereocenters. The molecule has 0 fully saturated rings. The van der Waals surface area contributed by atoms with Crippen LogP contribution in [0.4, 0.5) is 0 Å². The fourth-order valence-corrected chi connectivity index (χ4v) is 1.32. The average Bonchev–Trinajstić information content (AvgIpc) is 1.88. The molecule has 0 aliphatic carbocycles. The van der Waals surface area contributed by atoms with E-state index in [2.05, 4.69) is 27.0 Å². The van der Waals surface area contributed by atoms with Gasteiger partial charge in [0.15, 0.2) is 0 Å². The van der Waals surface area contributed by atoms with Crippen LogP contribution < -0.4 is 0 Å². The van der Waals surface area contributed by atoms with Gasteiger partial charge in [-0.05, 0) is 29.3 Å². The minimum absolute atomic E-state index is 0.809. The van der Waals surface area contributed by atoms with E-state index in [1.54, 1.807) is 0 Å². The van der Waals surface area contributed by atoms with Crippen LogP contribution in [-0.2, 0) is 0 Å². The molecule has 0 aromatic rings. The Kier molecular flexibility index (Phi) is 2.23. The van der Waals surface area contributed by atoms with Crippen molar-refractivity contribution in [2.45, 2.75) is 19.8 Å². The molecule has 0 spiro atoms. The molecule has 0 unspecified atom stereocenters. The summed E-state index contributed by atoms with van der Waals surface area (Å²) >= 11 is 3.29. The summed E-state index contributed by atoms with van der Waals surface area (Å²) in [6.45, 7) is 1.86.